The number of hydrogen-bond donors (Lipinski definition) is 2. The minimum Gasteiger partial charge on any atom is -0.439 e. The molecular weight excluding hydrogens is 327 g/mol. The fourth-order valence-electron chi connectivity index (χ4n) is 2.18. The van der Waals surface area contributed by atoms with Crippen molar-refractivity contribution in [2.75, 3.05) is 31.1 Å². The minimum atomic E-state index is -0.229. The van der Waals surface area contributed by atoms with E-state index in [2.05, 4.69) is 20.2 Å². The van der Waals surface area contributed by atoms with Gasteiger partial charge < -0.3 is 19.9 Å². The summed E-state index contributed by atoms with van der Waals surface area (Å²) < 4.78 is 5.54. The standard InChI is InChI=1S/C14H16N4O2.2ClH/c19-13-9-14(17-10-16-13)20-12-3-1-11(2-4-12)18-7-5-15-6-8-18;;/h1-4,9-10,15H,5-8H2,(H,16,17,19);2*1H. The predicted molar refractivity (Wildman–Crippen MR) is 91.0 cm³/mol. The summed E-state index contributed by atoms with van der Waals surface area (Å²) in [5.74, 6) is 0.964. The Hall–Kier alpha value is -1.76. The Morgan fingerprint density at radius 2 is 1.77 bits per heavy atom. The van der Waals surface area contributed by atoms with Gasteiger partial charge in [0, 0.05) is 31.9 Å². The van der Waals surface area contributed by atoms with Crippen molar-refractivity contribution in [3.8, 4) is 11.6 Å². The molecule has 0 radical (unpaired) electrons. The lowest BCUT2D eigenvalue weighted by atomic mass is 10.2. The Kier molecular flexibility index (Phi) is 7.17. The second-order valence-corrected chi connectivity index (χ2v) is 4.58. The topological polar surface area (TPSA) is 70.2 Å². The van der Waals surface area contributed by atoms with Gasteiger partial charge in [-0.3, -0.25) is 4.79 Å². The number of aromatic amines is 1. The summed E-state index contributed by atoms with van der Waals surface area (Å²) in [6, 6.07) is 9.15. The van der Waals surface area contributed by atoms with Gasteiger partial charge in [0.2, 0.25) is 5.88 Å². The van der Waals surface area contributed by atoms with Crippen molar-refractivity contribution in [1.82, 2.24) is 15.3 Å². The fraction of sp³-hybridized carbons (Fsp3) is 0.286. The van der Waals surface area contributed by atoms with Gasteiger partial charge >= 0.3 is 0 Å². The molecule has 0 saturated carbocycles. The van der Waals surface area contributed by atoms with Gasteiger partial charge in [-0.05, 0) is 24.3 Å². The zero-order valence-electron chi connectivity index (χ0n) is 11.8. The smallest absolute Gasteiger partial charge is 0.254 e. The molecule has 2 aromatic rings. The third kappa shape index (κ3) is 4.62. The molecule has 1 aliphatic heterocycles. The highest BCUT2D eigenvalue weighted by atomic mass is 35.5. The second-order valence-electron chi connectivity index (χ2n) is 4.58. The third-order valence-electron chi connectivity index (χ3n) is 3.19. The molecule has 0 bridgehead atoms. The minimum absolute atomic E-state index is 0. The molecule has 2 heterocycles. The number of anilines is 1. The lowest BCUT2D eigenvalue weighted by Crippen LogP contribution is -2.43. The predicted octanol–water partition coefficient (Wildman–Crippen LogP) is 1.82. The summed E-state index contributed by atoms with van der Waals surface area (Å²) >= 11 is 0. The molecule has 0 amide bonds. The summed E-state index contributed by atoms with van der Waals surface area (Å²) in [6.07, 6.45) is 1.33. The van der Waals surface area contributed by atoms with Crippen molar-refractivity contribution in [3.05, 3.63) is 47.0 Å². The molecule has 120 valence electrons. The maximum atomic E-state index is 11.2. The van der Waals surface area contributed by atoms with Gasteiger partial charge in [-0.25, -0.2) is 4.98 Å². The van der Waals surface area contributed by atoms with Crippen molar-refractivity contribution in [1.29, 1.82) is 0 Å². The number of H-pyrrole nitrogens is 1. The zero-order valence-corrected chi connectivity index (χ0v) is 13.5. The number of aromatic nitrogens is 2. The average molecular weight is 345 g/mol. The van der Waals surface area contributed by atoms with Crippen LogP contribution in [0.25, 0.3) is 0 Å². The molecule has 1 saturated heterocycles. The molecule has 6 nitrogen and oxygen atoms in total. The largest absolute Gasteiger partial charge is 0.439 e. The van der Waals surface area contributed by atoms with Crippen LogP contribution in [0.1, 0.15) is 0 Å². The van der Waals surface area contributed by atoms with Gasteiger partial charge in [0.25, 0.3) is 5.56 Å². The SMILES string of the molecule is Cl.Cl.O=c1cc(Oc2ccc(N3CCNCC3)cc2)nc[nH]1. The third-order valence-corrected chi connectivity index (χ3v) is 3.19. The number of halogens is 2. The summed E-state index contributed by atoms with van der Waals surface area (Å²) in [4.78, 5) is 19.9. The van der Waals surface area contributed by atoms with Crippen LogP contribution < -0.4 is 20.5 Å². The van der Waals surface area contributed by atoms with Crippen LogP contribution in [0.2, 0.25) is 0 Å². The Morgan fingerprint density at radius 3 is 2.41 bits per heavy atom. The molecule has 2 N–H and O–H groups in total. The van der Waals surface area contributed by atoms with E-state index in [0.717, 1.165) is 26.2 Å². The van der Waals surface area contributed by atoms with Crippen LogP contribution in [0, 0.1) is 0 Å². The first-order chi connectivity index (χ1) is 9.81. The van der Waals surface area contributed by atoms with E-state index in [1.54, 1.807) is 0 Å². The van der Waals surface area contributed by atoms with Gasteiger partial charge in [-0.1, -0.05) is 0 Å². The second kappa shape index (κ2) is 8.63. The number of nitrogens with zero attached hydrogens (tertiary/aromatic N) is 2. The monoisotopic (exact) mass is 344 g/mol. The Labute approximate surface area is 140 Å². The first kappa shape index (κ1) is 18.3. The molecule has 3 rings (SSSR count). The van der Waals surface area contributed by atoms with Crippen molar-refractivity contribution in [2.24, 2.45) is 0 Å². The van der Waals surface area contributed by atoms with Crippen LogP contribution in [0.3, 0.4) is 0 Å². The molecule has 8 heteroatoms. The van der Waals surface area contributed by atoms with Crippen molar-refractivity contribution in [2.45, 2.75) is 0 Å². The van der Waals surface area contributed by atoms with E-state index >= 15 is 0 Å². The number of nitrogens with one attached hydrogen (secondary N) is 2. The molecule has 0 atom stereocenters. The number of benzene rings is 1. The van der Waals surface area contributed by atoms with Crippen LogP contribution in [0.4, 0.5) is 5.69 Å². The van der Waals surface area contributed by atoms with Crippen LogP contribution in [-0.4, -0.2) is 36.1 Å². The van der Waals surface area contributed by atoms with Crippen LogP contribution >= 0.6 is 24.8 Å². The summed E-state index contributed by atoms with van der Waals surface area (Å²) in [5.41, 5.74) is 0.949. The first-order valence-electron chi connectivity index (χ1n) is 6.59. The number of rotatable bonds is 3. The zero-order chi connectivity index (χ0) is 13.8. The highest BCUT2D eigenvalue weighted by molar-refractivity contribution is 5.85. The maximum Gasteiger partial charge on any atom is 0.254 e. The molecule has 22 heavy (non-hydrogen) atoms. The molecular formula is C14H18Cl2N4O2. The number of ether oxygens (including phenoxy) is 1. The highest BCUT2D eigenvalue weighted by Gasteiger charge is 2.10. The quantitative estimate of drug-likeness (QED) is 0.888. The van der Waals surface area contributed by atoms with Crippen LogP contribution in [0.5, 0.6) is 11.6 Å². The lowest BCUT2D eigenvalue weighted by Gasteiger charge is -2.29. The van der Waals surface area contributed by atoms with Gasteiger partial charge in [0.1, 0.15) is 5.75 Å². The van der Waals surface area contributed by atoms with E-state index in [9.17, 15) is 4.79 Å². The summed E-state index contributed by atoms with van der Waals surface area (Å²) in [6.45, 7) is 4.04. The average Bonchev–Trinajstić information content (AvgIpc) is 2.49. The first-order valence-corrected chi connectivity index (χ1v) is 6.59. The van der Waals surface area contributed by atoms with E-state index in [1.807, 2.05) is 24.3 Å². The Balaban J connectivity index is 0.00000121. The molecule has 0 spiro atoms. The van der Waals surface area contributed by atoms with Crippen molar-refractivity contribution >= 4 is 30.5 Å². The van der Waals surface area contributed by atoms with Gasteiger partial charge in [-0.15, -0.1) is 24.8 Å². The van der Waals surface area contributed by atoms with Crippen molar-refractivity contribution < 1.29 is 4.74 Å². The molecule has 1 fully saturated rings. The number of piperazine rings is 1. The van der Waals surface area contributed by atoms with Crippen molar-refractivity contribution in [3.63, 3.8) is 0 Å². The highest BCUT2D eigenvalue weighted by Crippen LogP contribution is 2.22. The fourth-order valence-corrected chi connectivity index (χ4v) is 2.18. The molecule has 1 aliphatic rings. The van der Waals surface area contributed by atoms with E-state index in [0.29, 0.717) is 11.6 Å². The van der Waals surface area contributed by atoms with Gasteiger partial charge in [0.15, 0.2) is 0 Å². The lowest BCUT2D eigenvalue weighted by molar-refractivity contribution is 0.460. The summed E-state index contributed by atoms with van der Waals surface area (Å²) in [7, 11) is 0. The molecule has 1 aromatic carbocycles. The summed E-state index contributed by atoms with van der Waals surface area (Å²) in [5, 5.41) is 3.33. The van der Waals surface area contributed by atoms with E-state index in [1.165, 1.54) is 18.1 Å². The number of hydrogen-bond acceptors (Lipinski definition) is 5. The van der Waals surface area contributed by atoms with Crippen LogP contribution in [0.15, 0.2) is 41.5 Å². The maximum absolute atomic E-state index is 11.2. The Morgan fingerprint density at radius 1 is 1.09 bits per heavy atom. The van der Waals surface area contributed by atoms with Crippen LogP contribution in [-0.2, 0) is 0 Å². The molecule has 1 aromatic heterocycles. The van der Waals surface area contributed by atoms with E-state index in [-0.39, 0.29) is 30.4 Å². The Bertz CT molecular complexity index is 627. The molecule has 0 unspecified atom stereocenters. The van der Waals surface area contributed by atoms with Gasteiger partial charge in [-0.2, -0.15) is 0 Å². The normalized spacial score (nSPS) is 13.7. The molecule has 0 aliphatic carbocycles. The van der Waals surface area contributed by atoms with E-state index in [4.69, 9.17) is 4.74 Å². The van der Waals surface area contributed by atoms with Gasteiger partial charge in [0.05, 0.1) is 12.4 Å². The van der Waals surface area contributed by atoms with E-state index < -0.39 is 0 Å².